The molecule has 2 N–H and O–H groups in total. The van der Waals surface area contributed by atoms with Crippen LogP contribution in [0.3, 0.4) is 0 Å². The number of nitrogens with one attached hydrogen (secondary N) is 1. The quantitative estimate of drug-likeness (QED) is 0.870. The summed E-state index contributed by atoms with van der Waals surface area (Å²) in [5, 5.41) is 14.5. The summed E-state index contributed by atoms with van der Waals surface area (Å²) in [5.74, 6) is -1.09. The highest BCUT2D eigenvalue weighted by Gasteiger charge is 2.12. The van der Waals surface area contributed by atoms with Gasteiger partial charge in [0.1, 0.15) is 0 Å². The summed E-state index contributed by atoms with van der Waals surface area (Å²) in [6.07, 6.45) is 0. The molecule has 0 fully saturated rings. The maximum absolute atomic E-state index is 10.7. The van der Waals surface area contributed by atoms with Gasteiger partial charge in [-0.05, 0) is 12.1 Å². The largest absolute Gasteiger partial charge is 0.476 e. The maximum Gasteiger partial charge on any atom is 0.355 e. The van der Waals surface area contributed by atoms with Crippen LogP contribution in [0.15, 0.2) is 17.5 Å². The smallest absolute Gasteiger partial charge is 0.355 e. The lowest BCUT2D eigenvalue weighted by Gasteiger charge is -2.08. The van der Waals surface area contributed by atoms with Crippen LogP contribution in [0, 0.1) is 0 Å². The van der Waals surface area contributed by atoms with Crippen LogP contribution in [0.25, 0.3) is 0 Å². The molecule has 0 aliphatic rings. The van der Waals surface area contributed by atoms with E-state index < -0.39 is 5.97 Å². The van der Waals surface area contributed by atoms with Crippen LogP contribution in [-0.2, 0) is 0 Å². The molecule has 0 amide bonds. The molecule has 18 heavy (non-hydrogen) atoms. The minimum absolute atomic E-state index is 0.0382. The van der Waals surface area contributed by atoms with Crippen LogP contribution in [0.1, 0.15) is 10.5 Å². The SMILES string of the molecule is O=C(O)c1csc(Nc2c(Cl)cc(Cl)cc2Cl)n1. The van der Waals surface area contributed by atoms with Crippen molar-refractivity contribution in [3.05, 3.63) is 38.3 Å². The third-order valence-electron chi connectivity index (χ3n) is 1.96. The maximum atomic E-state index is 10.7. The summed E-state index contributed by atoms with van der Waals surface area (Å²) in [7, 11) is 0. The number of carboxylic acids is 1. The van der Waals surface area contributed by atoms with Crippen molar-refractivity contribution in [3.8, 4) is 0 Å². The Morgan fingerprint density at radius 2 is 1.89 bits per heavy atom. The fraction of sp³-hybridized carbons (Fsp3) is 0. The number of halogens is 3. The number of carboxylic acid groups (broad SMARTS) is 1. The molecule has 8 heteroatoms. The molecule has 0 bridgehead atoms. The van der Waals surface area contributed by atoms with Crippen molar-refractivity contribution in [2.45, 2.75) is 0 Å². The normalized spacial score (nSPS) is 10.4. The highest BCUT2D eigenvalue weighted by atomic mass is 35.5. The molecule has 0 spiro atoms. The van der Waals surface area contributed by atoms with Gasteiger partial charge in [-0.2, -0.15) is 0 Å². The number of aromatic nitrogens is 1. The van der Waals surface area contributed by atoms with Gasteiger partial charge in [-0.15, -0.1) is 11.3 Å². The van der Waals surface area contributed by atoms with E-state index in [0.29, 0.717) is 25.9 Å². The fourth-order valence-corrected chi connectivity index (χ4v) is 2.80. The van der Waals surface area contributed by atoms with E-state index in [0.717, 1.165) is 11.3 Å². The summed E-state index contributed by atoms with van der Waals surface area (Å²) in [6.45, 7) is 0. The highest BCUT2D eigenvalue weighted by molar-refractivity contribution is 7.14. The minimum Gasteiger partial charge on any atom is -0.476 e. The molecular weight excluding hydrogens is 319 g/mol. The molecule has 0 radical (unpaired) electrons. The number of hydrogen-bond donors (Lipinski definition) is 2. The second-order valence-corrected chi connectivity index (χ2v) is 5.32. The monoisotopic (exact) mass is 322 g/mol. The summed E-state index contributed by atoms with van der Waals surface area (Å²) in [6, 6.07) is 3.06. The molecule has 0 saturated heterocycles. The molecule has 0 atom stereocenters. The van der Waals surface area contributed by atoms with Crippen LogP contribution in [0.5, 0.6) is 0 Å². The van der Waals surface area contributed by atoms with E-state index in [2.05, 4.69) is 10.3 Å². The van der Waals surface area contributed by atoms with Gasteiger partial charge in [-0.1, -0.05) is 34.8 Å². The molecule has 2 rings (SSSR count). The van der Waals surface area contributed by atoms with E-state index in [1.165, 1.54) is 17.5 Å². The Hall–Kier alpha value is -1.01. The van der Waals surface area contributed by atoms with Crippen molar-refractivity contribution in [1.82, 2.24) is 4.98 Å². The number of benzene rings is 1. The number of nitrogens with zero attached hydrogens (tertiary/aromatic N) is 1. The third-order valence-corrected chi connectivity index (χ3v) is 3.53. The predicted molar refractivity (Wildman–Crippen MR) is 73.8 cm³/mol. The van der Waals surface area contributed by atoms with Crippen LogP contribution < -0.4 is 5.32 Å². The Balaban J connectivity index is 2.31. The summed E-state index contributed by atoms with van der Waals surface area (Å²) < 4.78 is 0. The minimum atomic E-state index is -1.09. The molecule has 0 saturated carbocycles. The van der Waals surface area contributed by atoms with Crippen molar-refractivity contribution in [1.29, 1.82) is 0 Å². The lowest BCUT2D eigenvalue weighted by molar-refractivity contribution is 0.0691. The van der Waals surface area contributed by atoms with Gasteiger partial charge in [0, 0.05) is 10.4 Å². The average Bonchev–Trinajstić information content (AvgIpc) is 2.71. The first-order valence-electron chi connectivity index (χ1n) is 4.58. The Bertz CT molecular complexity index is 592. The first-order valence-corrected chi connectivity index (χ1v) is 6.59. The fourth-order valence-electron chi connectivity index (χ4n) is 1.20. The van der Waals surface area contributed by atoms with E-state index in [1.807, 2.05) is 0 Å². The Morgan fingerprint density at radius 1 is 1.28 bits per heavy atom. The van der Waals surface area contributed by atoms with Gasteiger partial charge in [0.05, 0.1) is 15.7 Å². The Kier molecular flexibility index (Phi) is 3.97. The zero-order valence-corrected chi connectivity index (χ0v) is 11.7. The van der Waals surface area contributed by atoms with Gasteiger partial charge in [0.2, 0.25) is 0 Å². The van der Waals surface area contributed by atoms with Crippen LogP contribution >= 0.6 is 46.1 Å². The molecule has 0 unspecified atom stereocenters. The van der Waals surface area contributed by atoms with Gasteiger partial charge in [-0.25, -0.2) is 9.78 Å². The number of thiazole rings is 1. The highest BCUT2D eigenvalue weighted by Crippen LogP contribution is 2.36. The molecule has 0 aliphatic carbocycles. The molecule has 94 valence electrons. The van der Waals surface area contributed by atoms with Crippen molar-refractivity contribution in [3.63, 3.8) is 0 Å². The van der Waals surface area contributed by atoms with Crippen LogP contribution in [-0.4, -0.2) is 16.1 Å². The van der Waals surface area contributed by atoms with Crippen molar-refractivity contribution < 1.29 is 9.90 Å². The lowest BCUT2D eigenvalue weighted by Crippen LogP contribution is -1.97. The second kappa shape index (κ2) is 5.32. The number of carbonyl (C=O) groups is 1. The first-order chi connectivity index (χ1) is 8.47. The molecular formula is C10H5Cl3N2O2S. The third kappa shape index (κ3) is 2.87. The number of rotatable bonds is 3. The van der Waals surface area contributed by atoms with E-state index in [1.54, 1.807) is 0 Å². The predicted octanol–water partition coefficient (Wildman–Crippen LogP) is 4.55. The van der Waals surface area contributed by atoms with E-state index in [9.17, 15) is 4.79 Å². The summed E-state index contributed by atoms with van der Waals surface area (Å²) >= 11 is 18.9. The lowest BCUT2D eigenvalue weighted by atomic mass is 10.3. The van der Waals surface area contributed by atoms with Gasteiger partial charge < -0.3 is 10.4 Å². The van der Waals surface area contributed by atoms with E-state index in [4.69, 9.17) is 39.9 Å². The zero-order chi connectivity index (χ0) is 13.3. The van der Waals surface area contributed by atoms with E-state index >= 15 is 0 Å². The van der Waals surface area contributed by atoms with Crippen LogP contribution in [0.4, 0.5) is 10.8 Å². The molecule has 2 aromatic rings. The van der Waals surface area contributed by atoms with Crippen molar-refractivity contribution in [2.24, 2.45) is 0 Å². The van der Waals surface area contributed by atoms with Crippen molar-refractivity contribution in [2.75, 3.05) is 5.32 Å². The summed E-state index contributed by atoms with van der Waals surface area (Å²) in [4.78, 5) is 14.6. The molecule has 1 aromatic carbocycles. The number of hydrogen-bond acceptors (Lipinski definition) is 4. The van der Waals surface area contributed by atoms with Gasteiger partial charge in [-0.3, -0.25) is 0 Å². The van der Waals surface area contributed by atoms with Gasteiger partial charge in [0.25, 0.3) is 0 Å². The molecule has 4 nitrogen and oxygen atoms in total. The second-order valence-electron chi connectivity index (χ2n) is 3.21. The topological polar surface area (TPSA) is 62.2 Å². The van der Waals surface area contributed by atoms with Gasteiger partial charge >= 0.3 is 5.97 Å². The zero-order valence-electron chi connectivity index (χ0n) is 8.58. The number of aromatic carboxylic acids is 1. The van der Waals surface area contributed by atoms with E-state index in [-0.39, 0.29) is 5.69 Å². The Morgan fingerprint density at radius 3 is 2.39 bits per heavy atom. The van der Waals surface area contributed by atoms with Crippen LogP contribution in [0.2, 0.25) is 15.1 Å². The van der Waals surface area contributed by atoms with Crippen molar-refractivity contribution >= 4 is 62.9 Å². The first kappa shape index (κ1) is 13.4. The molecule has 1 aromatic heterocycles. The average molecular weight is 324 g/mol. The summed E-state index contributed by atoms with van der Waals surface area (Å²) in [5.41, 5.74) is 0.401. The number of anilines is 2. The standard InChI is InChI=1S/C10H5Cl3N2O2S/c11-4-1-5(12)8(6(13)2-4)15-10-14-7(3-18-10)9(16)17/h1-3H,(H,14,15)(H,16,17). The molecule has 1 heterocycles. The van der Waals surface area contributed by atoms with Gasteiger partial charge in [0.15, 0.2) is 10.8 Å². The Labute approximate surface area is 121 Å². The molecule has 0 aliphatic heterocycles.